The molecule has 1 heterocycles. The number of hydrogen-bond donors (Lipinski definition) is 2. The van der Waals surface area contributed by atoms with E-state index in [0.29, 0.717) is 22.9 Å². The number of halogens is 1. The van der Waals surface area contributed by atoms with Crippen molar-refractivity contribution in [2.24, 2.45) is 0 Å². The fraction of sp³-hybridized carbons (Fsp3) is 0.300. The Hall–Kier alpha value is -0.890. The lowest BCUT2D eigenvalue weighted by atomic mass is 10.3. The molecule has 2 rings (SSSR count). The maximum atomic E-state index is 11.0. The molecule has 0 bridgehead atoms. The van der Waals surface area contributed by atoms with Crippen LogP contribution in [0.2, 0.25) is 5.02 Å². The molecule has 1 aromatic heterocycles. The van der Waals surface area contributed by atoms with Crippen molar-refractivity contribution in [3.63, 3.8) is 0 Å². The number of aromatic nitrogens is 2. The van der Waals surface area contributed by atoms with E-state index in [1.807, 2.05) is 10.6 Å². The third kappa shape index (κ3) is 3.11. The van der Waals surface area contributed by atoms with Gasteiger partial charge in [0.05, 0.1) is 17.3 Å². The molecule has 8 heteroatoms. The van der Waals surface area contributed by atoms with Gasteiger partial charge in [0.15, 0.2) is 4.77 Å². The summed E-state index contributed by atoms with van der Waals surface area (Å²) < 4.78 is 26.8. The van der Waals surface area contributed by atoms with Gasteiger partial charge in [0.25, 0.3) is 0 Å². The Kier molecular flexibility index (Phi) is 3.76. The lowest BCUT2D eigenvalue weighted by molar-refractivity contribution is 0.579. The predicted octanol–water partition coefficient (Wildman–Crippen LogP) is 1.90. The van der Waals surface area contributed by atoms with Crippen molar-refractivity contribution in [3.8, 4) is 0 Å². The fourth-order valence-electron chi connectivity index (χ4n) is 1.70. The van der Waals surface area contributed by atoms with E-state index in [9.17, 15) is 8.42 Å². The standard InChI is InChI=1S/C10H12ClN3O2S2/c1-18(15,16)12-4-5-14-9-3-2-7(11)6-8(9)13-10(14)17/h2-3,6,12H,4-5H2,1H3,(H,13,17). The number of H-pyrrole nitrogens is 1. The molecule has 0 saturated carbocycles. The molecule has 2 N–H and O–H groups in total. The molecule has 2 aromatic rings. The largest absolute Gasteiger partial charge is 0.331 e. The highest BCUT2D eigenvalue weighted by Crippen LogP contribution is 2.18. The van der Waals surface area contributed by atoms with E-state index in [1.165, 1.54) is 0 Å². The normalized spacial score (nSPS) is 12.1. The van der Waals surface area contributed by atoms with Crippen LogP contribution >= 0.6 is 23.8 Å². The Morgan fingerprint density at radius 3 is 2.89 bits per heavy atom. The SMILES string of the molecule is CS(=O)(=O)NCCn1c(=S)[nH]c2cc(Cl)ccc21. The third-order valence-corrected chi connectivity index (χ3v) is 3.72. The zero-order valence-corrected chi connectivity index (χ0v) is 12.0. The predicted molar refractivity (Wildman–Crippen MR) is 75.0 cm³/mol. The minimum Gasteiger partial charge on any atom is -0.331 e. The van der Waals surface area contributed by atoms with Crippen molar-refractivity contribution in [3.05, 3.63) is 28.0 Å². The van der Waals surface area contributed by atoms with Gasteiger partial charge in [0.1, 0.15) is 0 Å². The molecule has 0 aliphatic heterocycles. The smallest absolute Gasteiger partial charge is 0.208 e. The van der Waals surface area contributed by atoms with E-state index in [2.05, 4.69) is 9.71 Å². The Balaban J connectivity index is 2.28. The Bertz CT molecular complexity index is 733. The summed E-state index contributed by atoms with van der Waals surface area (Å²) in [5, 5.41) is 0.625. The topological polar surface area (TPSA) is 66.9 Å². The van der Waals surface area contributed by atoms with Crippen LogP contribution in [0, 0.1) is 4.77 Å². The molecule has 18 heavy (non-hydrogen) atoms. The highest BCUT2D eigenvalue weighted by Gasteiger charge is 2.06. The molecule has 0 unspecified atom stereocenters. The second kappa shape index (κ2) is 5.00. The molecule has 0 aliphatic rings. The van der Waals surface area contributed by atoms with Crippen molar-refractivity contribution in [1.29, 1.82) is 0 Å². The molecule has 0 saturated heterocycles. The summed E-state index contributed by atoms with van der Waals surface area (Å²) in [6, 6.07) is 5.41. The summed E-state index contributed by atoms with van der Waals surface area (Å²) in [4.78, 5) is 3.03. The number of benzene rings is 1. The van der Waals surface area contributed by atoms with Crippen LogP contribution in [0.4, 0.5) is 0 Å². The Morgan fingerprint density at radius 1 is 1.50 bits per heavy atom. The first-order valence-electron chi connectivity index (χ1n) is 5.19. The van der Waals surface area contributed by atoms with Crippen LogP contribution in [-0.4, -0.2) is 30.8 Å². The molecule has 98 valence electrons. The third-order valence-electron chi connectivity index (χ3n) is 2.44. The van der Waals surface area contributed by atoms with Crippen LogP contribution in [-0.2, 0) is 16.6 Å². The number of aromatic amines is 1. The quantitative estimate of drug-likeness (QED) is 0.848. The van der Waals surface area contributed by atoms with Crippen LogP contribution in [0.5, 0.6) is 0 Å². The monoisotopic (exact) mass is 305 g/mol. The summed E-state index contributed by atoms with van der Waals surface area (Å²) in [5.74, 6) is 0. The van der Waals surface area contributed by atoms with Crippen molar-refractivity contribution in [2.45, 2.75) is 6.54 Å². The average Bonchev–Trinajstić information content (AvgIpc) is 2.52. The number of sulfonamides is 1. The van der Waals surface area contributed by atoms with E-state index in [-0.39, 0.29) is 0 Å². The number of rotatable bonds is 4. The zero-order valence-electron chi connectivity index (χ0n) is 9.60. The van der Waals surface area contributed by atoms with Crippen molar-refractivity contribution < 1.29 is 8.42 Å². The number of hydrogen-bond acceptors (Lipinski definition) is 3. The molecule has 0 amide bonds. The lowest BCUT2D eigenvalue weighted by Gasteiger charge is -2.05. The van der Waals surface area contributed by atoms with Crippen LogP contribution in [0.3, 0.4) is 0 Å². The number of nitrogens with one attached hydrogen (secondary N) is 2. The summed E-state index contributed by atoms with van der Waals surface area (Å²) in [5.41, 5.74) is 1.74. The first-order chi connectivity index (χ1) is 8.37. The highest BCUT2D eigenvalue weighted by atomic mass is 35.5. The first kappa shape index (κ1) is 13.5. The fourth-order valence-corrected chi connectivity index (χ4v) is 2.63. The molecular weight excluding hydrogens is 294 g/mol. The van der Waals surface area contributed by atoms with E-state index < -0.39 is 10.0 Å². The number of fused-ring (bicyclic) bond motifs is 1. The van der Waals surface area contributed by atoms with E-state index >= 15 is 0 Å². The molecule has 0 atom stereocenters. The van der Waals surface area contributed by atoms with Gasteiger partial charge in [-0.15, -0.1) is 0 Å². The second-order valence-electron chi connectivity index (χ2n) is 3.91. The van der Waals surface area contributed by atoms with Gasteiger partial charge in [0, 0.05) is 18.1 Å². The molecule has 0 fully saturated rings. The van der Waals surface area contributed by atoms with Gasteiger partial charge in [-0.1, -0.05) is 11.6 Å². The van der Waals surface area contributed by atoms with Gasteiger partial charge >= 0.3 is 0 Å². The van der Waals surface area contributed by atoms with Gasteiger partial charge in [0.2, 0.25) is 10.0 Å². The van der Waals surface area contributed by atoms with Crippen LogP contribution in [0.1, 0.15) is 0 Å². The van der Waals surface area contributed by atoms with Crippen LogP contribution in [0.25, 0.3) is 11.0 Å². The first-order valence-corrected chi connectivity index (χ1v) is 7.87. The van der Waals surface area contributed by atoms with E-state index in [0.717, 1.165) is 17.3 Å². The number of nitrogens with zero attached hydrogens (tertiary/aromatic N) is 1. The Labute approximate surface area is 115 Å². The van der Waals surface area contributed by atoms with Gasteiger partial charge in [-0.2, -0.15) is 0 Å². The molecular formula is C10H12ClN3O2S2. The summed E-state index contributed by atoms with van der Waals surface area (Å²) >= 11 is 11.1. The van der Waals surface area contributed by atoms with Crippen LogP contribution < -0.4 is 4.72 Å². The van der Waals surface area contributed by atoms with Crippen molar-refractivity contribution >= 4 is 44.9 Å². The minimum absolute atomic E-state index is 0.294. The van der Waals surface area contributed by atoms with Gasteiger partial charge in [-0.25, -0.2) is 13.1 Å². The lowest BCUT2D eigenvalue weighted by Crippen LogP contribution is -2.26. The van der Waals surface area contributed by atoms with Gasteiger partial charge in [-0.3, -0.25) is 0 Å². The van der Waals surface area contributed by atoms with Gasteiger partial charge < -0.3 is 9.55 Å². The molecule has 0 radical (unpaired) electrons. The summed E-state index contributed by atoms with van der Waals surface area (Å²) in [6.45, 7) is 0.760. The second-order valence-corrected chi connectivity index (χ2v) is 6.57. The summed E-state index contributed by atoms with van der Waals surface area (Å²) in [7, 11) is -3.18. The maximum absolute atomic E-state index is 11.0. The average molecular weight is 306 g/mol. The van der Waals surface area contributed by atoms with Gasteiger partial charge in [-0.05, 0) is 30.4 Å². The van der Waals surface area contributed by atoms with E-state index in [4.69, 9.17) is 23.8 Å². The molecule has 0 aliphatic carbocycles. The summed E-state index contributed by atoms with van der Waals surface area (Å²) in [6.07, 6.45) is 1.13. The zero-order chi connectivity index (χ0) is 13.3. The van der Waals surface area contributed by atoms with Crippen molar-refractivity contribution in [2.75, 3.05) is 12.8 Å². The maximum Gasteiger partial charge on any atom is 0.208 e. The van der Waals surface area contributed by atoms with Crippen molar-refractivity contribution in [1.82, 2.24) is 14.3 Å². The van der Waals surface area contributed by atoms with Crippen LogP contribution in [0.15, 0.2) is 18.2 Å². The minimum atomic E-state index is -3.18. The highest BCUT2D eigenvalue weighted by molar-refractivity contribution is 7.88. The molecule has 5 nitrogen and oxygen atoms in total. The van der Waals surface area contributed by atoms with E-state index in [1.54, 1.807) is 12.1 Å². The Morgan fingerprint density at radius 2 is 2.22 bits per heavy atom. The molecule has 1 aromatic carbocycles. The number of imidazole rings is 1. The molecule has 0 spiro atoms.